The summed E-state index contributed by atoms with van der Waals surface area (Å²) in [4.78, 5) is 23.1. The summed E-state index contributed by atoms with van der Waals surface area (Å²) < 4.78 is 11.3. The Morgan fingerprint density at radius 2 is 1.81 bits per heavy atom. The molecule has 0 aromatic heterocycles. The fourth-order valence-electron chi connectivity index (χ4n) is 2.23. The second-order valence-corrected chi connectivity index (χ2v) is 5.75. The van der Waals surface area contributed by atoms with Crippen molar-refractivity contribution in [1.29, 1.82) is 0 Å². The van der Waals surface area contributed by atoms with E-state index >= 15 is 0 Å². The van der Waals surface area contributed by atoms with Gasteiger partial charge in [0.1, 0.15) is 6.10 Å². The van der Waals surface area contributed by atoms with Gasteiger partial charge < -0.3 is 19.9 Å². The monoisotopic (exact) mass is 293 g/mol. The van der Waals surface area contributed by atoms with Crippen LogP contribution in [-0.4, -0.2) is 34.7 Å². The highest BCUT2D eigenvalue weighted by Gasteiger charge is 2.36. The molecule has 0 saturated heterocycles. The highest BCUT2D eigenvalue weighted by Crippen LogP contribution is 2.33. The first kappa shape index (κ1) is 15.2. The molecule has 1 aliphatic heterocycles. The molecular weight excluding hydrogens is 274 g/mol. The van der Waals surface area contributed by atoms with Gasteiger partial charge in [0.2, 0.25) is 6.10 Å². The third-order valence-electron chi connectivity index (χ3n) is 3.16. The number of amides is 1. The highest BCUT2D eigenvalue weighted by molar-refractivity contribution is 5.83. The van der Waals surface area contributed by atoms with Crippen LogP contribution >= 0.6 is 0 Å². The Labute approximate surface area is 123 Å². The molecule has 1 aliphatic rings. The minimum atomic E-state index is -0.973. The van der Waals surface area contributed by atoms with E-state index in [4.69, 9.17) is 14.6 Å². The van der Waals surface area contributed by atoms with Gasteiger partial charge in [-0.15, -0.1) is 0 Å². The first-order chi connectivity index (χ1) is 9.78. The Bertz CT molecular complexity index is 555. The number of hydrogen-bond donors (Lipinski definition) is 2. The van der Waals surface area contributed by atoms with Crippen LogP contribution in [0.25, 0.3) is 0 Å². The molecule has 2 unspecified atom stereocenters. The number of fused-ring (bicyclic) bond motifs is 1. The molecule has 1 aromatic rings. The Balaban J connectivity index is 2.08. The van der Waals surface area contributed by atoms with Crippen molar-refractivity contribution in [1.82, 2.24) is 5.32 Å². The normalized spacial score (nSPS) is 20.7. The van der Waals surface area contributed by atoms with Crippen LogP contribution in [0.1, 0.15) is 27.2 Å². The Hall–Kier alpha value is -2.24. The molecule has 0 saturated carbocycles. The predicted octanol–water partition coefficient (Wildman–Crippen LogP) is 1.58. The van der Waals surface area contributed by atoms with Gasteiger partial charge in [0.05, 0.1) is 6.42 Å². The van der Waals surface area contributed by atoms with E-state index in [-0.39, 0.29) is 12.3 Å². The molecule has 6 heteroatoms. The Morgan fingerprint density at radius 3 is 2.38 bits per heavy atom. The quantitative estimate of drug-likeness (QED) is 0.880. The van der Waals surface area contributed by atoms with E-state index < -0.39 is 23.7 Å². The summed E-state index contributed by atoms with van der Waals surface area (Å²) in [6.07, 6.45) is -1.44. The lowest BCUT2D eigenvalue weighted by Gasteiger charge is -2.33. The molecular formula is C15H19NO5. The maximum atomic E-state index is 12.3. The van der Waals surface area contributed by atoms with E-state index in [0.29, 0.717) is 11.5 Å². The lowest BCUT2D eigenvalue weighted by atomic mass is 10.00. The molecule has 0 spiro atoms. The van der Waals surface area contributed by atoms with E-state index in [1.54, 1.807) is 39.0 Å². The van der Waals surface area contributed by atoms with Crippen LogP contribution in [0, 0.1) is 0 Å². The van der Waals surface area contributed by atoms with Crippen molar-refractivity contribution in [3.05, 3.63) is 24.3 Å². The Kier molecular flexibility index (Phi) is 4.06. The smallest absolute Gasteiger partial charge is 0.305 e. The van der Waals surface area contributed by atoms with Gasteiger partial charge in [0, 0.05) is 5.54 Å². The van der Waals surface area contributed by atoms with Crippen LogP contribution < -0.4 is 14.8 Å². The van der Waals surface area contributed by atoms with Crippen LogP contribution in [0.2, 0.25) is 0 Å². The maximum Gasteiger partial charge on any atom is 0.305 e. The minimum Gasteiger partial charge on any atom is -0.482 e. The number of rotatable bonds is 4. The van der Waals surface area contributed by atoms with E-state index in [2.05, 4.69) is 5.32 Å². The number of carboxylic acids is 1. The number of hydrogen-bond acceptors (Lipinski definition) is 4. The van der Waals surface area contributed by atoms with E-state index in [1.807, 2.05) is 6.07 Å². The zero-order valence-electron chi connectivity index (χ0n) is 12.3. The molecule has 0 fully saturated rings. The second kappa shape index (κ2) is 5.63. The lowest BCUT2D eigenvalue weighted by molar-refractivity contribution is -0.140. The van der Waals surface area contributed by atoms with Crippen molar-refractivity contribution in [3.63, 3.8) is 0 Å². The summed E-state index contributed by atoms with van der Waals surface area (Å²) in [5.41, 5.74) is -0.858. The number of nitrogens with one attached hydrogen (secondary N) is 1. The van der Waals surface area contributed by atoms with Gasteiger partial charge in [-0.25, -0.2) is 0 Å². The number of aliphatic carboxylic acids is 1. The number of benzene rings is 1. The van der Waals surface area contributed by atoms with Crippen LogP contribution in [0.15, 0.2) is 24.3 Å². The molecule has 2 atom stereocenters. The van der Waals surface area contributed by atoms with Gasteiger partial charge in [0.15, 0.2) is 11.5 Å². The zero-order valence-corrected chi connectivity index (χ0v) is 12.3. The largest absolute Gasteiger partial charge is 0.482 e. The minimum absolute atomic E-state index is 0.169. The first-order valence-corrected chi connectivity index (χ1v) is 6.75. The molecule has 114 valence electrons. The summed E-state index contributed by atoms with van der Waals surface area (Å²) >= 11 is 0. The van der Waals surface area contributed by atoms with Crippen molar-refractivity contribution in [2.75, 3.05) is 0 Å². The summed E-state index contributed by atoms with van der Waals surface area (Å²) in [6, 6.07) is 7.12. The molecule has 2 N–H and O–H groups in total. The van der Waals surface area contributed by atoms with E-state index in [9.17, 15) is 9.59 Å². The molecule has 1 heterocycles. The number of carbonyl (C=O) groups excluding carboxylic acids is 1. The highest BCUT2D eigenvalue weighted by atomic mass is 16.6. The van der Waals surface area contributed by atoms with E-state index in [1.165, 1.54) is 0 Å². The SMILES string of the molecule is CC1Oc2ccccc2OC1C(=O)NC(C)(C)CC(=O)O. The summed E-state index contributed by atoms with van der Waals surface area (Å²) in [6.45, 7) is 5.05. The van der Waals surface area contributed by atoms with Gasteiger partial charge in [-0.05, 0) is 32.9 Å². The Morgan fingerprint density at radius 1 is 1.24 bits per heavy atom. The molecule has 21 heavy (non-hydrogen) atoms. The van der Waals surface area contributed by atoms with Crippen LogP contribution in [0.3, 0.4) is 0 Å². The number of para-hydroxylation sites is 2. The molecule has 0 bridgehead atoms. The van der Waals surface area contributed by atoms with Crippen LogP contribution in [0.5, 0.6) is 11.5 Å². The molecule has 1 aromatic carbocycles. The van der Waals surface area contributed by atoms with Crippen molar-refractivity contribution < 1.29 is 24.2 Å². The molecule has 6 nitrogen and oxygen atoms in total. The third-order valence-corrected chi connectivity index (χ3v) is 3.16. The predicted molar refractivity (Wildman–Crippen MR) is 75.4 cm³/mol. The van der Waals surface area contributed by atoms with Gasteiger partial charge in [-0.3, -0.25) is 9.59 Å². The van der Waals surface area contributed by atoms with Crippen molar-refractivity contribution >= 4 is 11.9 Å². The van der Waals surface area contributed by atoms with Gasteiger partial charge in [-0.2, -0.15) is 0 Å². The van der Waals surface area contributed by atoms with Crippen molar-refractivity contribution in [3.8, 4) is 11.5 Å². The molecule has 1 amide bonds. The van der Waals surface area contributed by atoms with Gasteiger partial charge in [-0.1, -0.05) is 12.1 Å². The maximum absolute atomic E-state index is 12.3. The van der Waals surface area contributed by atoms with Gasteiger partial charge >= 0.3 is 5.97 Å². The average Bonchev–Trinajstić information content (AvgIpc) is 2.35. The fourth-order valence-corrected chi connectivity index (χ4v) is 2.23. The fraction of sp³-hybridized carbons (Fsp3) is 0.467. The number of ether oxygens (including phenoxy) is 2. The van der Waals surface area contributed by atoms with Crippen molar-refractivity contribution in [2.24, 2.45) is 0 Å². The summed E-state index contributed by atoms with van der Waals surface area (Å²) in [5, 5.41) is 11.5. The summed E-state index contributed by atoms with van der Waals surface area (Å²) in [5.74, 6) is -0.256. The van der Waals surface area contributed by atoms with Crippen LogP contribution in [0.4, 0.5) is 0 Å². The number of carbonyl (C=O) groups is 2. The molecule has 2 rings (SSSR count). The van der Waals surface area contributed by atoms with Gasteiger partial charge in [0.25, 0.3) is 5.91 Å². The molecule has 0 radical (unpaired) electrons. The number of carboxylic acid groups (broad SMARTS) is 1. The third kappa shape index (κ3) is 3.65. The average molecular weight is 293 g/mol. The lowest BCUT2D eigenvalue weighted by Crippen LogP contribution is -2.55. The molecule has 0 aliphatic carbocycles. The summed E-state index contributed by atoms with van der Waals surface area (Å²) in [7, 11) is 0. The standard InChI is InChI=1S/C15H19NO5/c1-9-13(14(19)16-15(2,3)8-12(17)18)21-11-7-5-4-6-10(11)20-9/h4-7,9,13H,8H2,1-3H3,(H,16,19)(H,17,18). The van der Waals surface area contributed by atoms with Crippen molar-refractivity contribution in [2.45, 2.75) is 44.9 Å². The van der Waals surface area contributed by atoms with Crippen LogP contribution in [-0.2, 0) is 9.59 Å². The topological polar surface area (TPSA) is 84.9 Å². The first-order valence-electron chi connectivity index (χ1n) is 6.75. The zero-order chi connectivity index (χ0) is 15.6. The second-order valence-electron chi connectivity index (χ2n) is 5.75. The van der Waals surface area contributed by atoms with E-state index in [0.717, 1.165) is 0 Å².